The molecule has 2 atom stereocenters. The molecule has 0 saturated carbocycles. The Hall–Kier alpha value is -1.46. The van der Waals surface area contributed by atoms with Gasteiger partial charge >= 0.3 is 10.1 Å². The summed E-state index contributed by atoms with van der Waals surface area (Å²) in [4.78, 5) is 5.14. The number of benzene rings is 1. The van der Waals surface area contributed by atoms with E-state index in [1.54, 1.807) is 0 Å². The summed E-state index contributed by atoms with van der Waals surface area (Å²) in [6.45, 7) is 1.60. The van der Waals surface area contributed by atoms with Crippen LogP contribution in [0.4, 0.5) is 22.0 Å². The molecule has 2 rings (SSSR count). The third-order valence-electron chi connectivity index (χ3n) is 4.18. The standard InChI is InChI=1S/C15H18F5NO4S/c1-3-4-5-6-8-9(7-24-21(8)2)26(22,23)25-15-13(19)11(17)10(16)12(18)14(15)20/h8-9H,3-7H2,1-2H3/t8-,9+/m0/s1. The van der Waals surface area contributed by atoms with Crippen LogP contribution in [0.2, 0.25) is 0 Å². The highest BCUT2D eigenvalue weighted by molar-refractivity contribution is 7.87. The van der Waals surface area contributed by atoms with Crippen molar-refractivity contribution in [2.75, 3.05) is 13.7 Å². The van der Waals surface area contributed by atoms with Crippen molar-refractivity contribution in [1.82, 2.24) is 5.06 Å². The van der Waals surface area contributed by atoms with E-state index < -0.39 is 56.2 Å². The Morgan fingerprint density at radius 1 is 1.04 bits per heavy atom. The lowest BCUT2D eigenvalue weighted by atomic mass is 10.1. The van der Waals surface area contributed by atoms with E-state index in [-0.39, 0.29) is 6.61 Å². The first-order chi connectivity index (χ1) is 12.1. The van der Waals surface area contributed by atoms with Crippen LogP contribution in [0.15, 0.2) is 0 Å². The molecule has 1 fully saturated rings. The maximum atomic E-state index is 13.7. The average Bonchev–Trinajstić information content (AvgIpc) is 2.97. The maximum absolute atomic E-state index is 13.7. The molecule has 0 aliphatic carbocycles. The summed E-state index contributed by atoms with van der Waals surface area (Å²) < 4.78 is 96.0. The van der Waals surface area contributed by atoms with Gasteiger partial charge in [0, 0.05) is 7.05 Å². The van der Waals surface area contributed by atoms with Crippen LogP contribution in [0.25, 0.3) is 0 Å². The van der Waals surface area contributed by atoms with Crippen molar-refractivity contribution in [3.8, 4) is 5.75 Å². The fourth-order valence-electron chi connectivity index (χ4n) is 2.71. The van der Waals surface area contributed by atoms with E-state index in [1.165, 1.54) is 12.1 Å². The van der Waals surface area contributed by atoms with Crippen molar-refractivity contribution in [2.24, 2.45) is 0 Å². The Balaban J connectivity index is 2.31. The zero-order valence-electron chi connectivity index (χ0n) is 14.1. The van der Waals surface area contributed by atoms with Crippen LogP contribution < -0.4 is 4.18 Å². The maximum Gasteiger partial charge on any atom is 0.316 e. The number of unbranched alkanes of at least 4 members (excludes halogenated alkanes) is 2. The van der Waals surface area contributed by atoms with Crippen LogP contribution in [-0.4, -0.2) is 38.4 Å². The molecule has 0 spiro atoms. The highest BCUT2D eigenvalue weighted by Crippen LogP contribution is 2.33. The van der Waals surface area contributed by atoms with Crippen molar-refractivity contribution >= 4 is 10.1 Å². The Morgan fingerprint density at radius 2 is 1.58 bits per heavy atom. The molecule has 1 aromatic carbocycles. The van der Waals surface area contributed by atoms with Crippen LogP contribution >= 0.6 is 0 Å². The average molecular weight is 403 g/mol. The molecule has 1 aromatic rings. The minimum atomic E-state index is -4.73. The van der Waals surface area contributed by atoms with Gasteiger partial charge in [0.25, 0.3) is 0 Å². The quantitative estimate of drug-likeness (QED) is 0.230. The van der Waals surface area contributed by atoms with Crippen molar-refractivity contribution in [3.63, 3.8) is 0 Å². The predicted octanol–water partition coefficient (Wildman–Crippen LogP) is 3.29. The second kappa shape index (κ2) is 8.05. The van der Waals surface area contributed by atoms with Gasteiger partial charge in [-0.15, -0.1) is 0 Å². The molecule has 0 N–H and O–H groups in total. The topological polar surface area (TPSA) is 55.8 Å². The fraction of sp³-hybridized carbons (Fsp3) is 0.600. The molecule has 0 amide bonds. The SMILES string of the molecule is CCCCC[C@H]1[C@H](S(=O)(=O)Oc2c(F)c(F)c(F)c(F)c2F)CON1C. The molecule has 0 radical (unpaired) electrons. The van der Waals surface area contributed by atoms with Gasteiger partial charge < -0.3 is 4.18 Å². The van der Waals surface area contributed by atoms with Gasteiger partial charge in [-0.3, -0.25) is 4.84 Å². The number of rotatable bonds is 7. The fourth-order valence-corrected chi connectivity index (χ4v) is 4.14. The van der Waals surface area contributed by atoms with Gasteiger partial charge in [-0.2, -0.15) is 22.3 Å². The van der Waals surface area contributed by atoms with Crippen LogP contribution in [0.1, 0.15) is 32.6 Å². The molecule has 5 nitrogen and oxygen atoms in total. The Kier molecular flexibility index (Phi) is 6.46. The predicted molar refractivity (Wildman–Crippen MR) is 81.2 cm³/mol. The summed E-state index contributed by atoms with van der Waals surface area (Å²) >= 11 is 0. The normalized spacial score (nSPS) is 21.3. The highest BCUT2D eigenvalue weighted by atomic mass is 32.2. The van der Waals surface area contributed by atoms with E-state index in [0.717, 1.165) is 12.8 Å². The number of hydroxylamine groups is 2. The van der Waals surface area contributed by atoms with Crippen LogP contribution in [0.5, 0.6) is 5.75 Å². The molecule has 1 aliphatic rings. The lowest BCUT2D eigenvalue weighted by molar-refractivity contribution is -0.110. The number of nitrogens with zero attached hydrogens (tertiary/aromatic N) is 1. The second-order valence-corrected chi connectivity index (χ2v) is 7.68. The van der Waals surface area contributed by atoms with Gasteiger partial charge in [-0.05, 0) is 6.42 Å². The minimum absolute atomic E-state index is 0.356. The number of hydrogen-bond acceptors (Lipinski definition) is 5. The molecule has 0 unspecified atom stereocenters. The number of halogens is 5. The summed E-state index contributed by atoms with van der Waals surface area (Å²) in [6.07, 6.45) is 2.78. The summed E-state index contributed by atoms with van der Waals surface area (Å²) in [5.74, 6) is -13.5. The smallest absolute Gasteiger partial charge is 0.316 e. The highest BCUT2D eigenvalue weighted by Gasteiger charge is 2.44. The Morgan fingerprint density at radius 3 is 2.12 bits per heavy atom. The summed E-state index contributed by atoms with van der Waals surface area (Å²) in [7, 11) is -3.24. The van der Waals surface area contributed by atoms with Gasteiger partial charge in [-0.25, -0.2) is 13.2 Å². The van der Waals surface area contributed by atoms with Gasteiger partial charge in [0.2, 0.25) is 34.8 Å². The Labute approximate surface area is 147 Å². The van der Waals surface area contributed by atoms with E-state index in [4.69, 9.17) is 4.84 Å². The van der Waals surface area contributed by atoms with Crippen LogP contribution in [0, 0.1) is 29.1 Å². The molecule has 0 aromatic heterocycles. The summed E-state index contributed by atoms with van der Waals surface area (Å²) in [6, 6.07) is -0.673. The van der Waals surface area contributed by atoms with Crippen LogP contribution in [-0.2, 0) is 15.0 Å². The van der Waals surface area contributed by atoms with Crippen molar-refractivity contribution in [3.05, 3.63) is 29.1 Å². The van der Waals surface area contributed by atoms with Crippen molar-refractivity contribution in [2.45, 2.75) is 43.9 Å². The van der Waals surface area contributed by atoms with Gasteiger partial charge in [0.05, 0.1) is 12.6 Å². The first-order valence-electron chi connectivity index (χ1n) is 7.92. The van der Waals surface area contributed by atoms with E-state index in [2.05, 4.69) is 4.18 Å². The monoisotopic (exact) mass is 403 g/mol. The minimum Gasteiger partial charge on any atom is -0.376 e. The zero-order valence-corrected chi connectivity index (χ0v) is 14.9. The lowest BCUT2D eigenvalue weighted by Gasteiger charge is -2.22. The van der Waals surface area contributed by atoms with E-state index in [9.17, 15) is 30.4 Å². The molecule has 26 heavy (non-hydrogen) atoms. The molecular weight excluding hydrogens is 385 g/mol. The van der Waals surface area contributed by atoms with E-state index >= 15 is 0 Å². The van der Waals surface area contributed by atoms with Crippen molar-refractivity contribution in [1.29, 1.82) is 0 Å². The molecule has 1 heterocycles. The van der Waals surface area contributed by atoms with Crippen LogP contribution in [0.3, 0.4) is 0 Å². The molecule has 11 heteroatoms. The summed E-state index contributed by atoms with van der Waals surface area (Å²) in [5, 5.41) is -0.0425. The van der Waals surface area contributed by atoms with Gasteiger partial charge in [0.1, 0.15) is 5.25 Å². The second-order valence-electron chi connectivity index (χ2n) is 5.92. The molecule has 1 saturated heterocycles. The van der Waals surface area contributed by atoms with E-state index in [1.807, 2.05) is 6.92 Å². The molecule has 148 valence electrons. The van der Waals surface area contributed by atoms with Gasteiger partial charge in [-0.1, -0.05) is 26.2 Å². The van der Waals surface area contributed by atoms with Gasteiger partial charge in [0.15, 0.2) is 0 Å². The largest absolute Gasteiger partial charge is 0.376 e. The third-order valence-corrected chi connectivity index (χ3v) is 5.77. The number of hydrogen-bond donors (Lipinski definition) is 0. The first-order valence-corrected chi connectivity index (χ1v) is 9.39. The Bertz CT molecular complexity index is 745. The zero-order chi connectivity index (χ0) is 19.6. The molecular formula is C15H18F5NO4S. The lowest BCUT2D eigenvalue weighted by Crippen LogP contribution is -2.40. The third kappa shape index (κ3) is 3.94. The van der Waals surface area contributed by atoms with Crippen molar-refractivity contribution < 1.29 is 39.4 Å². The molecule has 0 bridgehead atoms. The summed E-state index contributed by atoms with van der Waals surface area (Å²) in [5.41, 5.74) is 0. The molecule has 1 aliphatic heterocycles. The van der Waals surface area contributed by atoms with E-state index in [0.29, 0.717) is 12.8 Å². The first kappa shape index (κ1) is 20.8.